The van der Waals surface area contributed by atoms with Gasteiger partial charge in [0.25, 0.3) is 0 Å². The van der Waals surface area contributed by atoms with Crippen LogP contribution in [0.25, 0.3) is 0 Å². The number of carboxylic acids is 2. The topological polar surface area (TPSA) is 824 Å². The second kappa shape index (κ2) is 56.6. The van der Waals surface area contributed by atoms with Crippen LogP contribution in [-0.2, 0) is 91.1 Å². The summed E-state index contributed by atoms with van der Waals surface area (Å²) in [5.41, 5.74) is 49.7. The maximum atomic E-state index is 14.3. The monoisotopic (exact) mass is 1670 g/mol. The molecular formula is C69H124N26O22. The lowest BCUT2D eigenvalue weighted by atomic mass is 9.96. The van der Waals surface area contributed by atoms with Crippen LogP contribution in [-0.4, -0.2) is 270 Å². The standard InChI is InChI=1S/C69H124N26O22/c1-9-34(4)53(95-57(106)38(8)84-59(108)43(20-22-48(73)97)92-60(109)41(17-11-13-25-71)91-65(114)47(32-96)94-62(111)40(16-10-12-24-70)87-54(103)35(5)72)66(115)93-45(28-33(2)3)64(113)85-36(6)55(104)83-37(7)56(105)88-44(21-23-49(74)98)63(112)90-42(19-15-27-80-69(77)78)61(110)89-39(18-14-26-79-68(75)76)58(107)82-30-50(99)81-31-51(100)86-46(67(116)117)29-52(101)102/h33-47,53,96H,9-32,70-72H2,1-8H3,(H2,73,97)(H2,74,98)(H,81,99)(H,82,107)(H,83,104)(H,84,108)(H,85,113)(H,86,100)(H,87,103)(H,88,105)(H,89,110)(H,90,112)(H,91,114)(H,92,109)(H,93,115)(H,94,111)(H,95,106)(H,101,102)(H,116,117)(H4,75,76,79)(H4,77,78,80)/t34-,35-,36-,37-,38-,39-,40-,41-,42-,43-,44-,45-,46-,47-,53-/m0/s1. The summed E-state index contributed by atoms with van der Waals surface area (Å²) >= 11 is 0. The van der Waals surface area contributed by atoms with Gasteiger partial charge in [-0.15, -0.1) is 0 Å². The first-order valence-corrected chi connectivity index (χ1v) is 38.2. The number of aliphatic carboxylic acids is 2. The number of carbonyl (C=O) groups is 19. The second-order valence-electron chi connectivity index (χ2n) is 28.2. The van der Waals surface area contributed by atoms with Gasteiger partial charge in [0.15, 0.2) is 11.9 Å². The van der Waals surface area contributed by atoms with Crippen LogP contribution in [0.4, 0.5) is 0 Å². The lowest BCUT2D eigenvalue weighted by Gasteiger charge is -2.29. The van der Waals surface area contributed by atoms with Crippen LogP contribution in [0.1, 0.15) is 165 Å². The summed E-state index contributed by atoms with van der Waals surface area (Å²) in [4.78, 5) is 259. The molecule has 0 fully saturated rings. The molecule has 0 aliphatic carbocycles. The number of nitrogens with zero attached hydrogens (tertiary/aromatic N) is 2. The predicted molar refractivity (Wildman–Crippen MR) is 420 cm³/mol. The molecule has 0 spiro atoms. The first-order valence-electron chi connectivity index (χ1n) is 38.2. The van der Waals surface area contributed by atoms with Gasteiger partial charge in [-0.1, -0.05) is 34.1 Å². The van der Waals surface area contributed by atoms with Gasteiger partial charge in [0, 0.05) is 25.9 Å². The minimum Gasteiger partial charge on any atom is -0.481 e. The van der Waals surface area contributed by atoms with E-state index in [9.17, 15) is 101 Å². The van der Waals surface area contributed by atoms with Crippen molar-refractivity contribution in [1.82, 2.24) is 79.8 Å². The van der Waals surface area contributed by atoms with Crippen LogP contribution < -0.4 is 131 Å². The Balaban J connectivity index is 6.69. The van der Waals surface area contributed by atoms with E-state index in [0.29, 0.717) is 19.3 Å². The third kappa shape index (κ3) is 44.7. The van der Waals surface area contributed by atoms with Crippen LogP contribution >= 0.6 is 0 Å². The molecule has 48 nitrogen and oxygen atoms in total. The molecule has 0 aromatic carbocycles. The van der Waals surface area contributed by atoms with Gasteiger partial charge in [-0.2, -0.15) is 0 Å². The number of nitrogens with one attached hydrogen (secondary N) is 15. The Morgan fingerprint density at radius 1 is 0.359 bits per heavy atom. The largest absolute Gasteiger partial charge is 0.481 e. The number of amides is 17. The molecule has 0 aromatic heterocycles. The van der Waals surface area contributed by atoms with Crippen molar-refractivity contribution in [3.63, 3.8) is 0 Å². The number of carbonyl (C=O) groups excluding carboxylic acids is 17. The smallest absolute Gasteiger partial charge is 0.326 e. The van der Waals surface area contributed by atoms with Gasteiger partial charge in [0.2, 0.25) is 100 Å². The lowest BCUT2D eigenvalue weighted by molar-refractivity contribution is -0.147. The van der Waals surface area contributed by atoms with E-state index in [4.69, 9.17) is 56.7 Å². The molecule has 15 atom stereocenters. The first-order chi connectivity index (χ1) is 54.8. The van der Waals surface area contributed by atoms with E-state index in [2.05, 4.69) is 84.4 Å². The molecule has 17 amide bonds. The highest BCUT2D eigenvalue weighted by molar-refractivity contribution is 6.01. The zero-order chi connectivity index (χ0) is 89.4. The van der Waals surface area contributed by atoms with Crippen LogP contribution in [0.3, 0.4) is 0 Å². The van der Waals surface area contributed by atoms with E-state index in [-0.39, 0.29) is 102 Å². The molecule has 0 aliphatic heterocycles. The Hall–Kier alpha value is -11.7. The molecule has 0 rings (SSSR count). The Morgan fingerprint density at radius 2 is 0.701 bits per heavy atom. The number of carboxylic acid groups (broad SMARTS) is 2. The highest BCUT2D eigenvalue weighted by Gasteiger charge is 2.38. The van der Waals surface area contributed by atoms with Gasteiger partial charge in [-0.3, -0.25) is 96.3 Å². The van der Waals surface area contributed by atoms with Crippen LogP contribution in [0.2, 0.25) is 0 Å². The molecule has 0 radical (unpaired) electrons. The van der Waals surface area contributed by atoms with Crippen molar-refractivity contribution in [2.45, 2.75) is 249 Å². The summed E-state index contributed by atoms with van der Waals surface area (Å²) in [5, 5.41) is 64.4. The summed E-state index contributed by atoms with van der Waals surface area (Å²) in [6, 6.07) is -20.8. The average Bonchev–Trinajstić information content (AvgIpc) is 0.852. The van der Waals surface area contributed by atoms with Crippen molar-refractivity contribution in [2.24, 2.45) is 73.4 Å². The molecule has 0 aromatic rings. The van der Waals surface area contributed by atoms with E-state index in [1.165, 1.54) is 27.7 Å². The van der Waals surface area contributed by atoms with Gasteiger partial charge in [-0.05, 0) is 136 Å². The predicted octanol–water partition coefficient (Wildman–Crippen LogP) is -11.5. The maximum Gasteiger partial charge on any atom is 0.326 e. The van der Waals surface area contributed by atoms with Gasteiger partial charge >= 0.3 is 11.9 Å². The fraction of sp³-hybridized carbons (Fsp3) is 0.696. The van der Waals surface area contributed by atoms with Crippen molar-refractivity contribution in [3.8, 4) is 0 Å². The number of aliphatic imine (C=N–C) groups is 2. The molecule has 117 heavy (non-hydrogen) atoms. The van der Waals surface area contributed by atoms with E-state index in [1.807, 2.05) is 5.32 Å². The fourth-order valence-electron chi connectivity index (χ4n) is 10.6. The minimum atomic E-state index is -1.84. The molecule has 662 valence electrons. The van der Waals surface area contributed by atoms with Crippen molar-refractivity contribution >= 4 is 124 Å². The maximum absolute atomic E-state index is 14.3. The van der Waals surface area contributed by atoms with Crippen LogP contribution in [0, 0.1) is 11.8 Å². The number of primary amides is 2. The minimum absolute atomic E-state index is 0.0133. The van der Waals surface area contributed by atoms with Gasteiger partial charge in [0.1, 0.15) is 78.5 Å². The molecule has 0 bridgehead atoms. The lowest BCUT2D eigenvalue weighted by Crippen LogP contribution is -2.61. The van der Waals surface area contributed by atoms with Crippen molar-refractivity contribution in [1.29, 1.82) is 0 Å². The van der Waals surface area contributed by atoms with Gasteiger partial charge in [0.05, 0.1) is 32.2 Å². The average molecular weight is 1670 g/mol. The molecule has 0 unspecified atom stereocenters. The molecule has 0 aliphatic rings. The normalized spacial score (nSPS) is 14.8. The van der Waals surface area contributed by atoms with E-state index >= 15 is 0 Å². The number of rotatable bonds is 60. The zero-order valence-electron chi connectivity index (χ0n) is 67.4. The van der Waals surface area contributed by atoms with Gasteiger partial charge in [-0.25, -0.2) is 4.79 Å². The highest BCUT2D eigenvalue weighted by Crippen LogP contribution is 2.14. The Morgan fingerprint density at radius 3 is 1.09 bits per heavy atom. The number of hydrogen-bond acceptors (Lipinski definition) is 25. The summed E-state index contributed by atoms with van der Waals surface area (Å²) in [5.74, 6) is -21.2. The van der Waals surface area contributed by atoms with Crippen LogP contribution in [0.15, 0.2) is 9.98 Å². The number of unbranched alkanes of at least 4 members (excludes halogenated alkanes) is 2. The molecule has 48 heteroatoms. The zero-order valence-corrected chi connectivity index (χ0v) is 67.4. The fourth-order valence-corrected chi connectivity index (χ4v) is 10.6. The van der Waals surface area contributed by atoms with E-state index in [1.54, 1.807) is 27.7 Å². The summed E-state index contributed by atoms with van der Waals surface area (Å²) in [6.45, 7) is 9.40. The summed E-state index contributed by atoms with van der Waals surface area (Å²) in [7, 11) is 0. The molecule has 36 N–H and O–H groups in total. The number of aliphatic hydroxyl groups excluding tert-OH is 1. The molecule has 0 saturated carbocycles. The van der Waals surface area contributed by atoms with E-state index < -0.39 is 255 Å². The second-order valence-corrected chi connectivity index (χ2v) is 28.2. The number of hydrogen-bond donors (Lipinski definition) is 27. The third-order valence-corrected chi connectivity index (χ3v) is 17.4. The van der Waals surface area contributed by atoms with Gasteiger partial charge < -0.3 is 147 Å². The number of guanidine groups is 2. The van der Waals surface area contributed by atoms with Crippen LogP contribution in [0.5, 0.6) is 0 Å². The molecular weight excluding hydrogens is 1540 g/mol. The van der Waals surface area contributed by atoms with Crippen molar-refractivity contribution < 1.29 is 106 Å². The Bertz CT molecular complexity index is 3430. The third-order valence-electron chi connectivity index (χ3n) is 17.4. The summed E-state index contributed by atoms with van der Waals surface area (Å²) < 4.78 is 0. The highest BCUT2D eigenvalue weighted by atomic mass is 16.4. The SMILES string of the molecule is CC[C@H](C)[C@H](NC(=O)[C@H](C)NC(=O)[C@H](CCC(N)=O)NC(=O)[C@H](CCCCN)NC(=O)[C@H](CO)NC(=O)[C@H](CCCCN)NC(=O)[C@H](C)N)C(=O)N[C@@H](CC(C)C)C(=O)N[C@@H](C)C(=O)N[C@@H](C)C(=O)N[C@@H](CCC(N)=O)C(=O)N[C@@H](CCCN=C(N)N)C(=O)N[C@@H](CCCN=C(N)N)C(=O)NCC(=O)NCC(=O)N[C@@H](CC(=O)O)C(=O)O. The number of nitrogens with two attached hydrogens (primary N) is 9. The van der Waals surface area contributed by atoms with E-state index in [0.717, 1.165) is 0 Å². The first kappa shape index (κ1) is 105. The molecule has 0 heterocycles. The Labute approximate surface area is 676 Å². The van der Waals surface area contributed by atoms with Crippen molar-refractivity contribution in [2.75, 3.05) is 45.9 Å². The van der Waals surface area contributed by atoms with Crippen molar-refractivity contribution in [3.05, 3.63) is 0 Å². The molecule has 0 saturated heterocycles. The number of aliphatic hydroxyl groups is 1. The summed E-state index contributed by atoms with van der Waals surface area (Å²) in [6.07, 6.45) is -1.71. The Kier molecular flexibility index (Phi) is 50.9. The quantitative estimate of drug-likeness (QED) is 0.0153.